The van der Waals surface area contributed by atoms with E-state index in [9.17, 15) is 4.79 Å². The molecule has 2 nitrogen and oxygen atoms in total. The van der Waals surface area contributed by atoms with Crippen LogP contribution in [0.1, 0.15) is 22.0 Å². The van der Waals surface area contributed by atoms with Crippen molar-refractivity contribution in [3.63, 3.8) is 0 Å². The van der Waals surface area contributed by atoms with Crippen molar-refractivity contribution in [2.24, 2.45) is 5.73 Å². The maximum absolute atomic E-state index is 12.0. The van der Waals surface area contributed by atoms with Gasteiger partial charge in [-0.05, 0) is 23.9 Å². The molecule has 3 heteroatoms. The Morgan fingerprint density at radius 2 is 2.18 bits per heavy atom. The Balaban J connectivity index is 2.07. The topological polar surface area (TPSA) is 43.1 Å². The van der Waals surface area contributed by atoms with Gasteiger partial charge < -0.3 is 5.73 Å². The molecule has 1 aromatic carbocycles. The number of nitrogens with two attached hydrogens (primary N) is 1. The van der Waals surface area contributed by atoms with Gasteiger partial charge >= 0.3 is 0 Å². The smallest absolute Gasteiger partial charge is 0.159 e. The van der Waals surface area contributed by atoms with E-state index in [-0.39, 0.29) is 5.78 Å². The van der Waals surface area contributed by atoms with Crippen molar-refractivity contribution in [2.45, 2.75) is 19.4 Å². The van der Waals surface area contributed by atoms with Crippen LogP contribution in [-0.2, 0) is 11.2 Å². The normalized spacial score (nSPS) is 12.4. The Labute approximate surface area is 105 Å². The van der Waals surface area contributed by atoms with E-state index in [4.69, 9.17) is 5.73 Å². The number of rotatable bonds is 4. The van der Waals surface area contributed by atoms with Crippen molar-refractivity contribution >= 4 is 17.1 Å². The molecule has 0 fully saturated rings. The molecule has 17 heavy (non-hydrogen) atoms. The lowest BCUT2D eigenvalue weighted by molar-refractivity contribution is -0.119. The van der Waals surface area contributed by atoms with Crippen LogP contribution in [-0.4, -0.2) is 5.78 Å². The summed E-state index contributed by atoms with van der Waals surface area (Å²) in [6, 6.07) is 11.3. The fraction of sp³-hybridized carbons (Fsp3) is 0.214. The SMILES string of the molecule is Cc1cccc(CC(=O)C(N)c2cccs2)c1. The molecular weight excluding hydrogens is 230 g/mol. The zero-order valence-electron chi connectivity index (χ0n) is 9.72. The molecule has 0 saturated heterocycles. The number of Topliss-reactive ketones (excluding diaryl/α,β-unsaturated/α-hetero) is 1. The summed E-state index contributed by atoms with van der Waals surface area (Å²) in [5.41, 5.74) is 8.13. The molecule has 0 bridgehead atoms. The largest absolute Gasteiger partial charge is 0.317 e. The molecule has 2 N–H and O–H groups in total. The third kappa shape index (κ3) is 3.02. The van der Waals surface area contributed by atoms with Gasteiger partial charge in [0.2, 0.25) is 0 Å². The highest BCUT2D eigenvalue weighted by atomic mass is 32.1. The lowest BCUT2D eigenvalue weighted by Crippen LogP contribution is -2.22. The van der Waals surface area contributed by atoms with Crippen LogP contribution in [0.5, 0.6) is 0 Å². The van der Waals surface area contributed by atoms with Crippen molar-refractivity contribution in [2.75, 3.05) is 0 Å². The maximum Gasteiger partial charge on any atom is 0.159 e. The number of ketones is 1. The van der Waals surface area contributed by atoms with Gasteiger partial charge in [-0.25, -0.2) is 0 Å². The van der Waals surface area contributed by atoms with Crippen LogP contribution in [0.2, 0.25) is 0 Å². The predicted molar refractivity (Wildman–Crippen MR) is 71.1 cm³/mol. The lowest BCUT2D eigenvalue weighted by Gasteiger charge is -2.08. The fourth-order valence-electron chi connectivity index (χ4n) is 1.76. The summed E-state index contributed by atoms with van der Waals surface area (Å²) >= 11 is 1.53. The van der Waals surface area contributed by atoms with Crippen molar-refractivity contribution in [3.05, 3.63) is 57.8 Å². The van der Waals surface area contributed by atoms with Gasteiger partial charge in [-0.3, -0.25) is 4.79 Å². The molecule has 0 aliphatic carbocycles. The van der Waals surface area contributed by atoms with Crippen molar-refractivity contribution in [1.29, 1.82) is 0 Å². The summed E-state index contributed by atoms with van der Waals surface area (Å²) < 4.78 is 0. The average Bonchev–Trinajstić information content (AvgIpc) is 2.81. The van der Waals surface area contributed by atoms with Crippen molar-refractivity contribution in [1.82, 2.24) is 0 Å². The van der Waals surface area contributed by atoms with Crippen LogP contribution >= 0.6 is 11.3 Å². The monoisotopic (exact) mass is 245 g/mol. The first kappa shape index (κ1) is 12.0. The van der Waals surface area contributed by atoms with E-state index in [0.717, 1.165) is 10.4 Å². The Morgan fingerprint density at radius 1 is 1.35 bits per heavy atom. The molecule has 2 aromatic rings. The number of benzene rings is 1. The summed E-state index contributed by atoms with van der Waals surface area (Å²) in [7, 11) is 0. The van der Waals surface area contributed by atoms with Gasteiger partial charge in [0, 0.05) is 11.3 Å². The first-order chi connectivity index (χ1) is 8.16. The zero-order chi connectivity index (χ0) is 12.3. The van der Waals surface area contributed by atoms with E-state index in [1.165, 1.54) is 16.9 Å². The molecular formula is C14H15NOS. The predicted octanol–water partition coefficient (Wildman–Crippen LogP) is 2.87. The van der Waals surface area contributed by atoms with E-state index in [1.54, 1.807) is 0 Å². The molecule has 1 heterocycles. The number of thiophene rings is 1. The maximum atomic E-state index is 12.0. The quantitative estimate of drug-likeness (QED) is 0.900. The number of hydrogen-bond donors (Lipinski definition) is 1. The van der Waals surface area contributed by atoms with Gasteiger partial charge in [0.05, 0.1) is 6.04 Å². The van der Waals surface area contributed by atoms with Gasteiger partial charge in [-0.15, -0.1) is 11.3 Å². The minimum atomic E-state index is -0.490. The summed E-state index contributed by atoms with van der Waals surface area (Å²) in [6.45, 7) is 2.02. The number of aryl methyl sites for hydroxylation is 1. The van der Waals surface area contributed by atoms with Gasteiger partial charge in [0.1, 0.15) is 0 Å². The highest BCUT2D eigenvalue weighted by molar-refractivity contribution is 7.10. The van der Waals surface area contributed by atoms with Gasteiger partial charge in [0.15, 0.2) is 5.78 Å². The second-order valence-electron chi connectivity index (χ2n) is 4.13. The van der Waals surface area contributed by atoms with Gasteiger partial charge in [-0.2, -0.15) is 0 Å². The third-order valence-corrected chi connectivity index (χ3v) is 3.61. The second kappa shape index (κ2) is 5.25. The number of hydrogen-bond acceptors (Lipinski definition) is 3. The van der Waals surface area contributed by atoms with Crippen LogP contribution in [0, 0.1) is 6.92 Å². The first-order valence-electron chi connectivity index (χ1n) is 5.54. The standard InChI is InChI=1S/C14H15NOS/c1-10-4-2-5-11(8-10)9-12(16)14(15)13-6-3-7-17-13/h2-8,14H,9,15H2,1H3. The molecule has 0 saturated carbocycles. The highest BCUT2D eigenvalue weighted by Gasteiger charge is 2.16. The third-order valence-electron chi connectivity index (χ3n) is 2.66. The molecule has 1 unspecified atom stereocenters. The first-order valence-corrected chi connectivity index (χ1v) is 6.42. The van der Waals surface area contributed by atoms with Crippen LogP contribution in [0.3, 0.4) is 0 Å². The molecule has 0 aliphatic rings. The van der Waals surface area contributed by atoms with Gasteiger partial charge in [-0.1, -0.05) is 35.9 Å². The summed E-state index contributed by atoms with van der Waals surface area (Å²) in [4.78, 5) is 12.9. The second-order valence-corrected chi connectivity index (χ2v) is 5.10. The number of carbonyl (C=O) groups is 1. The molecule has 88 valence electrons. The lowest BCUT2D eigenvalue weighted by atomic mass is 10.0. The number of carbonyl (C=O) groups excluding carboxylic acids is 1. The van der Waals surface area contributed by atoms with Crippen LogP contribution in [0.4, 0.5) is 0 Å². The molecule has 2 rings (SSSR count). The molecule has 1 atom stereocenters. The highest BCUT2D eigenvalue weighted by Crippen LogP contribution is 2.19. The summed E-state index contributed by atoms with van der Waals surface area (Å²) in [5, 5.41) is 1.94. The van der Waals surface area contributed by atoms with E-state index >= 15 is 0 Å². The van der Waals surface area contributed by atoms with Crippen molar-refractivity contribution < 1.29 is 4.79 Å². The molecule has 0 radical (unpaired) electrons. The van der Waals surface area contributed by atoms with E-state index in [2.05, 4.69) is 0 Å². The molecule has 0 amide bonds. The minimum absolute atomic E-state index is 0.0676. The Bertz CT molecular complexity index is 505. The van der Waals surface area contributed by atoms with E-state index in [1.807, 2.05) is 48.7 Å². The van der Waals surface area contributed by atoms with E-state index in [0.29, 0.717) is 6.42 Å². The summed E-state index contributed by atoms with van der Waals surface area (Å²) in [5.74, 6) is 0.0676. The summed E-state index contributed by atoms with van der Waals surface area (Å²) in [6.07, 6.45) is 0.404. The van der Waals surface area contributed by atoms with Crippen LogP contribution in [0.15, 0.2) is 41.8 Å². The van der Waals surface area contributed by atoms with Gasteiger partial charge in [0.25, 0.3) is 0 Å². The fourth-order valence-corrected chi connectivity index (χ4v) is 2.51. The van der Waals surface area contributed by atoms with Crippen molar-refractivity contribution in [3.8, 4) is 0 Å². The Morgan fingerprint density at radius 3 is 2.82 bits per heavy atom. The van der Waals surface area contributed by atoms with Crippen LogP contribution < -0.4 is 5.73 Å². The Kier molecular flexibility index (Phi) is 3.71. The molecule has 0 aliphatic heterocycles. The molecule has 1 aromatic heterocycles. The van der Waals surface area contributed by atoms with E-state index < -0.39 is 6.04 Å². The zero-order valence-corrected chi connectivity index (χ0v) is 10.5. The molecule has 0 spiro atoms. The van der Waals surface area contributed by atoms with Crippen LogP contribution in [0.25, 0.3) is 0 Å². The minimum Gasteiger partial charge on any atom is -0.317 e. The Hall–Kier alpha value is -1.45. The average molecular weight is 245 g/mol.